The average Bonchev–Trinajstić information content (AvgIpc) is 3.42. The van der Waals surface area contributed by atoms with Crippen LogP contribution in [0.2, 0.25) is 0 Å². The van der Waals surface area contributed by atoms with E-state index in [9.17, 15) is 13.2 Å². The fourth-order valence-corrected chi connectivity index (χ4v) is 5.41. The number of methoxy groups -OCH3 is 1. The molecule has 4 rings (SSSR count). The minimum Gasteiger partial charge on any atom is -0.497 e. The molecule has 1 aliphatic rings. The molecular weight excluding hydrogens is 450 g/mol. The summed E-state index contributed by atoms with van der Waals surface area (Å²) in [5.74, 6) is 0.587. The molecule has 10 heteroatoms. The molecule has 0 saturated heterocycles. The average molecular weight is 476 g/mol. The zero-order valence-corrected chi connectivity index (χ0v) is 19.5. The predicted octanol–water partition coefficient (Wildman–Crippen LogP) is 4.18. The van der Waals surface area contributed by atoms with Crippen molar-refractivity contribution in [1.29, 1.82) is 0 Å². The highest BCUT2D eigenvalue weighted by molar-refractivity contribution is 8.00. The third-order valence-corrected chi connectivity index (χ3v) is 7.66. The number of benzene rings is 2. The summed E-state index contributed by atoms with van der Waals surface area (Å²) in [4.78, 5) is 16.9. The molecule has 1 atom stereocenters. The number of nitrogens with one attached hydrogen (secondary N) is 2. The first-order valence-electron chi connectivity index (χ1n) is 10.4. The molecule has 2 aromatic carbocycles. The molecule has 1 fully saturated rings. The van der Waals surface area contributed by atoms with Crippen molar-refractivity contribution in [2.75, 3.05) is 11.8 Å². The number of amides is 1. The van der Waals surface area contributed by atoms with Crippen molar-refractivity contribution in [3.05, 3.63) is 42.5 Å². The van der Waals surface area contributed by atoms with Gasteiger partial charge in [0.05, 0.1) is 17.3 Å². The molecule has 1 amide bonds. The van der Waals surface area contributed by atoms with Crippen molar-refractivity contribution in [3.63, 3.8) is 0 Å². The summed E-state index contributed by atoms with van der Waals surface area (Å²) >= 11 is 1.21. The summed E-state index contributed by atoms with van der Waals surface area (Å²) < 4.78 is 38.9. The third kappa shape index (κ3) is 5.18. The monoisotopic (exact) mass is 475 g/mol. The van der Waals surface area contributed by atoms with Gasteiger partial charge < -0.3 is 14.5 Å². The summed E-state index contributed by atoms with van der Waals surface area (Å²) in [7, 11) is -2.27. The number of carbonyl (C=O) groups excluding carboxylic acids is 1. The first kappa shape index (κ1) is 22.5. The molecule has 32 heavy (non-hydrogen) atoms. The van der Waals surface area contributed by atoms with Crippen molar-refractivity contribution in [2.45, 2.75) is 54.0 Å². The molecule has 0 radical (unpaired) electrons. The van der Waals surface area contributed by atoms with Gasteiger partial charge in [0.2, 0.25) is 5.91 Å². The van der Waals surface area contributed by atoms with Crippen LogP contribution in [0, 0.1) is 0 Å². The Kier molecular flexibility index (Phi) is 6.61. The largest absolute Gasteiger partial charge is 0.497 e. The number of ether oxygens (including phenoxy) is 1. The van der Waals surface area contributed by atoms with Crippen molar-refractivity contribution < 1.29 is 22.4 Å². The fraction of sp³-hybridized carbons (Fsp3) is 0.364. The number of sulfonamides is 1. The Morgan fingerprint density at radius 1 is 1.19 bits per heavy atom. The highest BCUT2D eigenvalue weighted by Gasteiger charge is 2.23. The Morgan fingerprint density at radius 2 is 1.91 bits per heavy atom. The van der Waals surface area contributed by atoms with E-state index < -0.39 is 10.0 Å². The van der Waals surface area contributed by atoms with E-state index in [-0.39, 0.29) is 22.1 Å². The smallest absolute Gasteiger partial charge is 0.261 e. The molecule has 170 valence electrons. The number of oxazole rings is 1. The van der Waals surface area contributed by atoms with Gasteiger partial charge in [-0.25, -0.2) is 13.4 Å². The molecule has 1 unspecified atom stereocenters. The first-order chi connectivity index (χ1) is 15.3. The standard InChI is InChI=1S/C22H25N3O5S2/c1-14(21(26)23-15-5-3-4-6-15)31-22-24-19-13-18(11-12-20(19)30-22)32(27,28)25-16-7-9-17(29-2)10-8-16/h7-15,25H,3-6H2,1-2H3,(H,23,26). The van der Waals surface area contributed by atoms with E-state index in [0.29, 0.717) is 27.8 Å². The lowest BCUT2D eigenvalue weighted by Crippen LogP contribution is -2.37. The SMILES string of the molecule is COc1ccc(NS(=O)(=O)c2ccc3oc(SC(C)C(=O)NC4CCCC4)nc3c2)cc1. The highest BCUT2D eigenvalue weighted by atomic mass is 32.2. The summed E-state index contributed by atoms with van der Waals surface area (Å²) in [6.45, 7) is 1.80. The van der Waals surface area contributed by atoms with Gasteiger partial charge >= 0.3 is 0 Å². The number of hydrogen-bond donors (Lipinski definition) is 2. The van der Waals surface area contributed by atoms with Crippen LogP contribution in [0.15, 0.2) is 57.0 Å². The minimum absolute atomic E-state index is 0.0453. The lowest BCUT2D eigenvalue weighted by molar-refractivity contribution is -0.120. The van der Waals surface area contributed by atoms with Crippen LogP contribution >= 0.6 is 11.8 Å². The maximum Gasteiger partial charge on any atom is 0.261 e. The Labute approximate surface area is 191 Å². The van der Waals surface area contributed by atoms with Gasteiger partial charge in [-0.2, -0.15) is 0 Å². The zero-order chi connectivity index (χ0) is 22.7. The van der Waals surface area contributed by atoms with E-state index in [1.165, 1.54) is 23.9 Å². The number of nitrogens with zero attached hydrogens (tertiary/aromatic N) is 1. The zero-order valence-electron chi connectivity index (χ0n) is 17.8. The van der Waals surface area contributed by atoms with E-state index in [4.69, 9.17) is 9.15 Å². The van der Waals surface area contributed by atoms with E-state index >= 15 is 0 Å². The van der Waals surface area contributed by atoms with Crippen molar-refractivity contribution in [2.24, 2.45) is 0 Å². The molecule has 1 aliphatic carbocycles. The number of carbonyl (C=O) groups is 1. The van der Waals surface area contributed by atoms with Crippen LogP contribution < -0.4 is 14.8 Å². The normalized spacial score (nSPS) is 15.6. The first-order valence-corrected chi connectivity index (χ1v) is 12.7. The molecule has 1 aromatic heterocycles. The quantitative estimate of drug-likeness (QED) is 0.470. The Morgan fingerprint density at radius 3 is 2.59 bits per heavy atom. The molecule has 0 aliphatic heterocycles. The molecule has 0 spiro atoms. The van der Waals surface area contributed by atoms with Crippen LogP contribution in [0.25, 0.3) is 11.1 Å². The van der Waals surface area contributed by atoms with Gasteiger partial charge in [-0.1, -0.05) is 24.6 Å². The number of anilines is 1. The molecule has 8 nitrogen and oxygen atoms in total. The van der Waals surface area contributed by atoms with Gasteiger partial charge in [-0.15, -0.1) is 0 Å². The van der Waals surface area contributed by atoms with Crippen LogP contribution in [0.5, 0.6) is 5.75 Å². The number of fused-ring (bicyclic) bond motifs is 1. The summed E-state index contributed by atoms with van der Waals surface area (Å²) in [5.41, 5.74) is 1.29. The maximum absolute atomic E-state index is 12.8. The van der Waals surface area contributed by atoms with Crippen LogP contribution in [0.4, 0.5) is 5.69 Å². The van der Waals surface area contributed by atoms with Crippen LogP contribution in [-0.4, -0.2) is 37.7 Å². The number of rotatable bonds is 8. The van der Waals surface area contributed by atoms with Gasteiger partial charge in [0.25, 0.3) is 15.2 Å². The van der Waals surface area contributed by atoms with Crippen LogP contribution in [0.3, 0.4) is 0 Å². The molecule has 1 saturated carbocycles. The van der Waals surface area contributed by atoms with Gasteiger partial charge in [-0.3, -0.25) is 9.52 Å². The van der Waals surface area contributed by atoms with Crippen molar-refractivity contribution in [3.8, 4) is 5.75 Å². The second-order valence-electron chi connectivity index (χ2n) is 7.69. The van der Waals surface area contributed by atoms with Crippen molar-refractivity contribution in [1.82, 2.24) is 10.3 Å². The second-order valence-corrected chi connectivity index (χ2v) is 10.7. The topological polar surface area (TPSA) is 111 Å². The van der Waals surface area contributed by atoms with Crippen LogP contribution in [0.1, 0.15) is 32.6 Å². The number of thioether (sulfide) groups is 1. The van der Waals surface area contributed by atoms with Gasteiger partial charge in [0, 0.05) is 11.7 Å². The van der Waals surface area contributed by atoms with Crippen molar-refractivity contribution >= 4 is 44.5 Å². The number of aromatic nitrogens is 1. The van der Waals surface area contributed by atoms with E-state index in [1.807, 2.05) is 0 Å². The lowest BCUT2D eigenvalue weighted by Gasteiger charge is -2.15. The molecular formula is C22H25N3O5S2. The Bertz CT molecular complexity index is 1200. The second kappa shape index (κ2) is 9.41. The fourth-order valence-electron chi connectivity index (χ4n) is 3.57. The Hall–Kier alpha value is -2.72. The van der Waals surface area contributed by atoms with Gasteiger partial charge in [-0.05, 0) is 62.2 Å². The minimum atomic E-state index is -3.81. The van der Waals surface area contributed by atoms with Gasteiger partial charge in [0.1, 0.15) is 11.3 Å². The highest BCUT2D eigenvalue weighted by Crippen LogP contribution is 2.29. The molecule has 2 N–H and O–H groups in total. The summed E-state index contributed by atoms with van der Waals surface area (Å²) in [5, 5.41) is 3.02. The molecule has 0 bridgehead atoms. The van der Waals surface area contributed by atoms with Crippen LogP contribution in [-0.2, 0) is 14.8 Å². The third-order valence-electron chi connectivity index (χ3n) is 5.34. The number of hydrogen-bond acceptors (Lipinski definition) is 7. The van der Waals surface area contributed by atoms with Gasteiger partial charge in [0.15, 0.2) is 5.58 Å². The maximum atomic E-state index is 12.8. The molecule has 3 aromatic rings. The lowest BCUT2D eigenvalue weighted by atomic mass is 10.2. The van der Waals surface area contributed by atoms with E-state index in [0.717, 1.165) is 25.7 Å². The molecule has 1 heterocycles. The summed E-state index contributed by atoms with van der Waals surface area (Å²) in [6.07, 6.45) is 4.34. The van der Waals surface area contributed by atoms with E-state index in [1.54, 1.807) is 44.4 Å². The predicted molar refractivity (Wildman–Crippen MR) is 124 cm³/mol. The summed E-state index contributed by atoms with van der Waals surface area (Å²) in [6, 6.07) is 11.3. The van der Waals surface area contributed by atoms with E-state index in [2.05, 4.69) is 15.0 Å². The Balaban J connectivity index is 1.46.